The maximum absolute atomic E-state index is 13.2. The third kappa shape index (κ3) is 4.37. The molecule has 1 aromatic heterocycles. The van der Waals surface area contributed by atoms with Gasteiger partial charge in [0, 0.05) is 16.0 Å². The average molecular weight is 387 g/mol. The van der Waals surface area contributed by atoms with Crippen molar-refractivity contribution in [1.29, 1.82) is 0 Å². The van der Waals surface area contributed by atoms with E-state index in [4.69, 9.17) is 12.2 Å². The molecule has 112 valence electrons. The minimum Gasteiger partial charge on any atom is -0.345 e. The van der Waals surface area contributed by atoms with Gasteiger partial charge in [0.05, 0.1) is 10.2 Å². The first-order valence-electron chi connectivity index (χ1n) is 6.45. The summed E-state index contributed by atoms with van der Waals surface area (Å²) in [5.41, 5.74) is 0.963. The molecule has 0 aliphatic carbocycles. The van der Waals surface area contributed by atoms with Crippen LogP contribution >= 0.6 is 39.9 Å². The molecule has 2 rings (SSSR count). The largest absolute Gasteiger partial charge is 0.345 e. The molecule has 0 unspecified atom stereocenters. The van der Waals surface area contributed by atoms with Gasteiger partial charge in [-0.15, -0.1) is 11.8 Å². The number of thioether (sulfide) groups is 1. The highest BCUT2D eigenvalue weighted by Crippen LogP contribution is 2.29. The number of halogens is 2. The summed E-state index contributed by atoms with van der Waals surface area (Å²) in [5, 5.41) is 0. The van der Waals surface area contributed by atoms with E-state index in [-0.39, 0.29) is 11.2 Å². The quantitative estimate of drug-likeness (QED) is 0.547. The molecular formula is C15H16BrFN2S2. The van der Waals surface area contributed by atoms with Crippen molar-refractivity contribution in [3.05, 3.63) is 50.7 Å². The number of nitrogens with zero attached hydrogens (tertiary/aromatic N) is 1. The number of rotatable bonds is 3. The van der Waals surface area contributed by atoms with Gasteiger partial charge in [-0.05, 0) is 34.1 Å². The van der Waals surface area contributed by atoms with Crippen molar-refractivity contribution in [3.8, 4) is 0 Å². The van der Waals surface area contributed by atoms with E-state index in [9.17, 15) is 4.39 Å². The van der Waals surface area contributed by atoms with Gasteiger partial charge in [-0.1, -0.05) is 39.1 Å². The van der Waals surface area contributed by atoms with E-state index < -0.39 is 0 Å². The number of aromatic amines is 1. The highest BCUT2D eigenvalue weighted by Gasteiger charge is 2.20. The number of nitrogens with one attached hydrogen (secondary N) is 1. The predicted molar refractivity (Wildman–Crippen MR) is 91.8 cm³/mol. The van der Waals surface area contributed by atoms with E-state index in [0.717, 1.165) is 20.9 Å². The predicted octanol–water partition coefficient (Wildman–Crippen LogP) is 5.63. The number of aromatic nitrogens is 2. The Labute approximate surface area is 141 Å². The van der Waals surface area contributed by atoms with Gasteiger partial charge in [-0.2, -0.15) is 0 Å². The molecule has 2 nitrogen and oxygen atoms in total. The van der Waals surface area contributed by atoms with E-state index in [1.54, 1.807) is 6.07 Å². The molecule has 0 radical (unpaired) electrons. The van der Waals surface area contributed by atoms with Crippen LogP contribution in [0.3, 0.4) is 0 Å². The van der Waals surface area contributed by atoms with Crippen LogP contribution in [0.4, 0.5) is 4.39 Å². The summed E-state index contributed by atoms with van der Waals surface area (Å²) in [5.74, 6) is 1.18. The van der Waals surface area contributed by atoms with Crippen molar-refractivity contribution in [2.75, 3.05) is 0 Å². The second-order valence-electron chi connectivity index (χ2n) is 5.67. The number of hydrogen-bond acceptors (Lipinski definition) is 3. The van der Waals surface area contributed by atoms with Crippen molar-refractivity contribution in [3.63, 3.8) is 0 Å². The van der Waals surface area contributed by atoms with Gasteiger partial charge in [0.15, 0.2) is 0 Å². The van der Waals surface area contributed by atoms with Crippen molar-refractivity contribution in [1.82, 2.24) is 9.97 Å². The molecule has 0 spiro atoms. The summed E-state index contributed by atoms with van der Waals surface area (Å²) >= 11 is 10.3. The first-order chi connectivity index (χ1) is 9.77. The highest BCUT2D eigenvalue weighted by atomic mass is 79.9. The second-order valence-corrected chi connectivity index (χ2v) is 7.90. The van der Waals surface area contributed by atoms with Crippen LogP contribution in [0.2, 0.25) is 0 Å². The Kier molecular flexibility index (Phi) is 5.22. The van der Waals surface area contributed by atoms with Crippen molar-refractivity contribution >= 4 is 39.9 Å². The van der Waals surface area contributed by atoms with Crippen LogP contribution < -0.4 is 0 Å². The lowest BCUT2D eigenvalue weighted by atomic mass is 9.92. The Morgan fingerprint density at radius 3 is 2.71 bits per heavy atom. The Hall–Kier alpha value is -0.720. The van der Waals surface area contributed by atoms with Crippen molar-refractivity contribution in [2.24, 2.45) is 0 Å². The minimum atomic E-state index is -0.230. The summed E-state index contributed by atoms with van der Waals surface area (Å²) in [6.07, 6.45) is 0. The molecular weight excluding hydrogens is 371 g/mol. The second kappa shape index (κ2) is 6.58. The zero-order chi connectivity index (χ0) is 15.6. The first kappa shape index (κ1) is 16.6. The first-order valence-corrected chi connectivity index (χ1v) is 8.63. The van der Waals surface area contributed by atoms with Crippen molar-refractivity contribution in [2.45, 2.75) is 36.8 Å². The summed E-state index contributed by atoms with van der Waals surface area (Å²) in [7, 11) is 0. The third-order valence-corrected chi connectivity index (χ3v) is 5.17. The lowest BCUT2D eigenvalue weighted by Crippen LogP contribution is -2.16. The summed E-state index contributed by atoms with van der Waals surface area (Å²) in [6, 6.07) is 6.54. The van der Waals surface area contributed by atoms with Crippen molar-refractivity contribution < 1.29 is 4.39 Å². The zero-order valence-electron chi connectivity index (χ0n) is 12.0. The molecule has 0 aliphatic rings. The average Bonchev–Trinajstić information content (AvgIpc) is 2.38. The normalized spacial score (nSPS) is 11.7. The molecule has 0 saturated heterocycles. The van der Waals surface area contributed by atoms with Crippen LogP contribution in [-0.4, -0.2) is 9.97 Å². The van der Waals surface area contributed by atoms with Gasteiger partial charge in [0.2, 0.25) is 0 Å². The van der Waals surface area contributed by atoms with Crippen LogP contribution in [-0.2, 0) is 11.2 Å². The van der Waals surface area contributed by atoms with Gasteiger partial charge in [0.25, 0.3) is 0 Å². The molecule has 1 aromatic carbocycles. The molecule has 0 aliphatic heterocycles. The van der Waals surface area contributed by atoms with Crippen LogP contribution in [0.25, 0.3) is 0 Å². The van der Waals surface area contributed by atoms with E-state index in [1.807, 2.05) is 6.07 Å². The Morgan fingerprint density at radius 2 is 2.10 bits per heavy atom. The molecule has 2 aromatic rings. The van der Waals surface area contributed by atoms with E-state index in [0.29, 0.717) is 10.4 Å². The molecule has 0 saturated carbocycles. The smallest absolute Gasteiger partial charge is 0.144 e. The fourth-order valence-electron chi connectivity index (χ4n) is 1.80. The van der Waals surface area contributed by atoms with Crippen LogP contribution in [0, 0.1) is 10.5 Å². The lowest BCUT2D eigenvalue weighted by Gasteiger charge is -2.21. The molecule has 0 atom stereocenters. The van der Waals surface area contributed by atoms with Gasteiger partial charge >= 0.3 is 0 Å². The summed E-state index contributed by atoms with van der Waals surface area (Å²) < 4.78 is 14.6. The number of hydrogen-bond donors (Lipinski definition) is 1. The lowest BCUT2D eigenvalue weighted by molar-refractivity contribution is 0.559. The topological polar surface area (TPSA) is 28.7 Å². The van der Waals surface area contributed by atoms with Gasteiger partial charge < -0.3 is 4.98 Å². The zero-order valence-corrected chi connectivity index (χ0v) is 15.3. The maximum atomic E-state index is 13.2. The maximum Gasteiger partial charge on any atom is 0.144 e. The molecule has 1 N–H and O–H groups in total. The third-order valence-electron chi connectivity index (χ3n) is 2.83. The number of H-pyrrole nitrogens is 1. The Morgan fingerprint density at radius 1 is 1.38 bits per heavy atom. The molecule has 6 heteroatoms. The number of benzene rings is 1. The Bertz CT molecular complexity index is 708. The molecule has 21 heavy (non-hydrogen) atoms. The standard InChI is InChI=1S/C15H16BrFN2S2/c1-15(2,3)13-12(16)14(20)19-11(18-13)8-21-10-6-4-5-9(17)7-10/h4-7H,8H2,1-3H3,(H,18,19,20). The van der Waals surface area contributed by atoms with E-state index in [1.165, 1.54) is 23.9 Å². The molecule has 0 fully saturated rings. The van der Waals surface area contributed by atoms with E-state index in [2.05, 4.69) is 46.7 Å². The fraction of sp³-hybridized carbons (Fsp3) is 0.333. The highest BCUT2D eigenvalue weighted by molar-refractivity contribution is 9.10. The van der Waals surface area contributed by atoms with Crippen LogP contribution in [0.1, 0.15) is 32.3 Å². The van der Waals surface area contributed by atoms with Gasteiger partial charge in [-0.3, -0.25) is 0 Å². The fourth-order valence-corrected chi connectivity index (χ4v) is 3.60. The van der Waals surface area contributed by atoms with Crippen LogP contribution in [0.5, 0.6) is 0 Å². The van der Waals surface area contributed by atoms with Gasteiger partial charge in [0.1, 0.15) is 16.3 Å². The molecule has 1 heterocycles. The van der Waals surface area contributed by atoms with Crippen LogP contribution in [0.15, 0.2) is 33.6 Å². The summed E-state index contributed by atoms with van der Waals surface area (Å²) in [4.78, 5) is 8.59. The monoisotopic (exact) mass is 386 g/mol. The molecule has 0 bridgehead atoms. The summed E-state index contributed by atoms with van der Waals surface area (Å²) in [6.45, 7) is 6.34. The van der Waals surface area contributed by atoms with Gasteiger partial charge in [-0.25, -0.2) is 9.37 Å². The SMILES string of the molecule is CC(C)(C)c1[nH]c(CSc2cccc(F)c2)nc(=S)c1Br. The minimum absolute atomic E-state index is 0.0619. The van der Waals surface area contributed by atoms with E-state index >= 15 is 0 Å². The Balaban J connectivity index is 2.25. The molecule has 0 amide bonds.